The van der Waals surface area contributed by atoms with Crippen molar-refractivity contribution in [3.8, 4) is 11.3 Å². The van der Waals surface area contributed by atoms with Crippen LogP contribution < -0.4 is 5.32 Å². The average Bonchev–Trinajstić information content (AvgIpc) is 3.05. The topological polar surface area (TPSA) is 41.3 Å². The normalized spacial score (nSPS) is 25.9. The maximum absolute atomic E-state index is 5.52. The van der Waals surface area contributed by atoms with E-state index in [1.54, 1.807) is 0 Å². The van der Waals surface area contributed by atoms with E-state index in [-0.39, 0.29) is 0 Å². The van der Waals surface area contributed by atoms with Crippen LogP contribution in [-0.2, 0) is 6.54 Å². The van der Waals surface area contributed by atoms with Gasteiger partial charge in [-0.2, -0.15) is 0 Å². The molecule has 0 amide bonds. The highest BCUT2D eigenvalue weighted by Crippen LogP contribution is 2.30. The number of hydrogen-bond acceptors (Lipinski definition) is 4. The van der Waals surface area contributed by atoms with Crippen molar-refractivity contribution in [3.63, 3.8) is 0 Å². The summed E-state index contributed by atoms with van der Waals surface area (Å²) in [7, 11) is 0. The second kappa shape index (κ2) is 5.62. The Bertz CT molecular complexity index is 581. The van der Waals surface area contributed by atoms with Crippen molar-refractivity contribution in [1.82, 2.24) is 15.4 Å². The Morgan fingerprint density at radius 2 is 2.00 bits per heavy atom. The van der Waals surface area contributed by atoms with Crippen molar-refractivity contribution in [2.24, 2.45) is 0 Å². The van der Waals surface area contributed by atoms with Crippen LogP contribution in [0.3, 0.4) is 0 Å². The monoisotopic (exact) mass is 283 g/mol. The zero-order valence-corrected chi connectivity index (χ0v) is 12.2. The molecule has 21 heavy (non-hydrogen) atoms. The van der Waals surface area contributed by atoms with E-state index in [1.807, 2.05) is 18.2 Å². The zero-order chi connectivity index (χ0) is 14.1. The minimum absolute atomic E-state index is 0.661. The largest absolute Gasteiger partial charge is 0.356 e. The molecule has 0 spiro atoms. The van der Waals surface area contributed by atoms with Crippen LogP contribution in [0.15, 0.2) is 40.9 Å². The molecule has 2 unspecified atom stereocenters. The number of fused-ring (bicyclic) bond motifs is 2. The molecule has 4 nitrogen and oxygen atoms in total. The first-order valence-electron chi connectivity index (χ1n) is 7.87. The van der Waals surface area contributed by atoms with Gasteiger partial charge in [0, 0.05) is 36.8 Å². The highest BCUT2D eigenvalue weighted by Gasteiger charge is 2.35. The van der Waals surface area contributed by atoms with E-state index in [0.717, 1.165) is 36.7 Å². The Labute approximate surface area is 125 Å². The molecule has 1 N–H and O–H groups in total. The SMILES string of the molecule is c1ccc(-c2cc(CN3C4CCNCC3CC4)no2)cc1. The van der Waals surface area contributed by atoms with Gasteiger partial charge in [0.05, 0.1) is 5.69 Å². The summed E-state index contributed by atoms with van der Waals surface area (Å²) in [5, 5.41) is 7.82. The molecule has 4 heteroatoms. The van der Waals surface area contributed by atoms with Gasteiger partial charge in [-0.15, -0.1) is 0 Å². The van der Waals surface area contributed by atoms with E-state index in [4.69, 9.17) is 4.52 Å². The molecule has 0 saturated carbocycles. The third-order valence-corrected chi connectivity index (χ3v) is 4.77. The maximum atomic E-state index is 5.52. The van der Waals surface area contributed by atoms with Gasteiger partial charge < -0.3 is 9.84 Å². The van der Waals surface area contributed by atoms with Gasteiger partial charge in [0.15, 0.2) is 5.76 Å². The molecule has 2 aliphatic rings. The zero-order valence-electron chi connectivity index (χ0n) is 12.2. The lowest BCUT2D eigenvalue weighted by Gasteiger charge is -2.26. The molecule has 0 aliphatic carbocycles. The van der Waals surface area contributed by atoms with E-state index >= 15 is 0 Å². The molecule has 0 radical (unpaired) electrons. The van der Waals surface area contributed by atoms with Crippen LogP contribution in [0.5, 0.6) is 0 Å². The lowest BCUT2D eigenvalue weighted by molar-refractivity contribution is 0.188. The first-order chi connectivity index (χ1) is 10.4. The number of rotatable bonds is 3. The van der Waals surface area contributed by atoms with Gasteiger partial charge in [0.2, 0.25) is 0 Å². The fourth-order valence-electron chi connectivity index (χ4n) is 3.65. The minimum atomic E-state index is 0.661. The summed E-state index contributed by atoms with van der Waals surface area (Å²) in [6.07, 6.45) is 3.89. The van der Waals surface area contributed by atoms with Crippen LogP contribution in [-0.4, -0.2) is 35.2 Å². The van der Waals surface area contributed by atoms with Crippen LogP contribution >= 0.6 is 0 Å². The first kappa shape index (κ1) is 13.0. The smallest absolute Gasteiger partial charge is 0.167 e. The van der Waals surface area contributed by atoms with E-state index in [2.05, 4.69) is 33.6 Å². The van der Waals surface area contributed by atoms with E-state index in [9.17, 15) is 0 Å². The molecule has 1 aromatic carbocycles. The van der Waals surface area contributed by atoms with Crippen LogP contribution in [0.4, 0.5) is 0 Å². The molecule has 110 valence electrons. The Balaban J connectivity index is 1.52. The lowest BCUT2D eigenvalue weighted by Crippen LogP contribution is -2.37. The fraction of sp³-hybridized carbons (Fsp3) is 0.471. The molecular weight excluding hydrogens is 262 g/mol. The summed E-state index contributed by atoms with van der Waals surface area (Å²) in [5.74, 6) is 0.867. The second-order valence-corrected chi connectivity index (χ2v) is 6.10. The third-order valence-electron chi connectivity index (χ3n) is 4.77. The van der Waals surface area contributed by atoms with Gasteiger partial charge in [-0.3, -0.25) is 4.90 Å². The van der Waals surface area contributed by atoms with E-state index in [0.29, 0.717) is 12.1 Å². The average molecular weight is 283 g/mol. The van der Waals surface area contributed by atoms with Gasteiger partial charge in [0.25, 0.3) is 0 Å². The van der Waals surface area contributed by atoms with Gasteiger partial charge in [-0.05, 0) is 25.8 Å². The predicted molar refractivity (Wildman–Crippen MR) is 81.8 cm³/mol. The number of benzene rings is 1. The highest BCUT2D eigenvalue weighted by atomic mass is 16.5. The summed E-state index contributed by atoms with van der Waals surface area (Å²) in [4.78, 5) is 2.62. The molecular formula is C17H21N3O. The van der Waals surface area contributed by atoms with Gasteiger partial charge >= 0.3 is 0 Å². The van der Waals surface area contributed by atoms with Crippen molar-refractivity contribution in [2.45, 2.75) is 37.9 Å². The molecule has 2 saturated heterocycles. The van der Waals surface area contributed by atoms with Crippen molar-refractivity contribution in [3.05, 3.63) is 42.1 Å². The number of nitrogens with one attached hydrogen (secondary N) is 1. The first-order valence-corrected chi connectivity index (χ1v) is 7.87. The van der Waals surface area contributed by atoms with Crippen molar-refractivity contribution in [2.75, 3.05) is 13.1 Å². The van der Waals surface area contributed by atoms with Gasteiger partial charge in [-0.25, -0.2) is 0 Å². The summed E-state index contributed by atoms with van der Waals surface area (Å²) in [6, 6.07) is 13.6. The molecule has 2 bridgehead atoms. The van der Waals surface area contributed by atoms with Crippen LogP contribution in [0.1, 0.15) is 25.0 Å². The minimum Gasteiger partial charge on any atom is -0.356 e. The van der Waals surface area contributed by atoms with Crippen molar-refractivity contribution >= 4 is 0 Å². The van der Waals surface area contributed by atoms with Crippen LogP contribution in [0.25, 0.3) is 11.3 Å². The Morgan fingerprint density at radius 1 is 1.14 bits per heavy atom. The van der Waals surface area contributed by atoms with Gasteiger partial charge in [-0.1, -0.05) is 35.5 Å². The second-order valence-electron chi connectivity index (χ2n) is 6.10. The summed E-state index contributed by atoms with van der Waals surface area (Å²) < 4.78 is 5.52. The lowest BCUT2D eigenvalue weighted by atomic mass is 10.1. The standard InChI is InChI=1S/C17H21N3O/c1-2-4-13(5-3-1)17-10-14(19-21-17)12-20-15-6-7-16(20)11-18-9-8-15/h1-5,10,15-16,18H,6-9,11-12H2. The summed E-state index contributed by atoms with van der Waals surface area (Å²) in [5.41, 5.74) is 2.14. The number of hydrogen-bond donors (Lipinski definition) is 1. The van der Waals surface area contributed by atoms with E-state index < -0.39 is 0 Å². The molecule has 1 aromatic heterocycles. The molecule has 2 atom stereocenters. The van der Waals surface area contributed by atoms with E-state index in [1.165, 1.54) is 19.3 Å². The molecule has 3 heterocycles. The number of nitrogens with zero attached hydrogens (tertiary/aromatic N) is 2. The highest BCUT2D eigenvalue weighted by molar-refractivity contribution is 5.56. The Hall–Kier alpha value is -1.65. The van der Waals surface area contributed by atoms with Gasteiger partial charge in [0.1, 0.15) is 0 Å². The van der Waals surface area contributed by atoms with Crippen molar-refractivity contribution in [1.29, 1.82) is 0 Å². The van der Waals surface area contributed by atoms with Crippen LogP contribution in [0.2, 0.25) is 0 Å². The van der Waals surface area contributed by atoms with Crippen LogP contribution in [0, 0.1) is 0 Å². The molecule has 4 rings (SSSR count). The number of aromatic nitrogens is 1. The quantitative estimate of drug-likeness (QED) is 0.940. The maximum Gasteiger partial charge on any atom is 0.167 e. The molecule has 2 aromatic rings. The summed E-state index contributed by atoms with van der Waals surface area (Å²) in [6.45, 7) is 3.17. The summed E-state index contributed by atoms with van der Waals surface area (Å²) >= 11 is 0. The molecule has 2 aliphatic heterocycles. The molecule has 2 fully saturated rings. The Morgan fingerprint density at radius 3 is 2.90 bits per heavy atom. The third kappa shape index (κ3) is 2.61. The fourth-order valence-corrected chi connectivity index (χ4v) is 3.65. The Kier molecular flexibility index (Phi) is 3.49. The predicted octanol–water partition coefficient (Wildman–Crippen LogP) is 2.67. The van der Waals surface area contributed by atoms with Crippen molar-refractivity contribution < 1.29 is 4.52 Å².